The van der Waals surface area contributed by atoms with Gasteiger partial charge in [-0.25, -0.2) is 0 Å². The third-order valence-corrected chi connectivity index (χ3v) is 6.02. The molecule has 0 fully saturated rings. The van der Waals surface area contributed by atoms with Crippen molar-refractivity contribution in [3.8, 4) is 33.5 Å². The van der Waals surface area contributed by atoms with E-state index in [2.05, 4.69) is 16.3 Å². The lowest BCUT2D eigenvalue weighted by Gasteiger charge is -2.01. The molecule has 3 aromatic heterocycles. The van der Waals surface area contributed by atoms with E-state index < -0.39 is 0 Å². The minimum Gasteiger partial charge on any atom is -0.453 e. The van der Waals surface area contributed by atoms with Crippen LogP contribution in [0.2, 0.25) is 10.0 Å². The van der Waals surface area contributed by atoms with Crippen LogP contribution >= 0.6 is 34.5 Å². The molecule has 2 aromatic carbocycles. The Balaban J connectivity index is 1.59. The van der Waals surface area contributed by atoms with Gasteiger partial charge in [0.25, 0.3) is 0 Å². The lowest BCUT2D eigenvalue weighted by atomic mass is 10.1. The molecule has 0 unspecified atom stereocenters. The Bertz CT molecular complexity index is 1370. The number of hydrogen-bond acceptors (Lipinski definition) is 5. The van der Waals surface area contributed by atoms with E-state index in [1.165, 1.54) is 11.3 Å². The number of furan rings is 1. The first-order valence-corrected chi connectivity index (χ1v) is 10.4. The Morgan fingerprint density at radius 1 is 1.00 bits per heavy atom. The van der Waals surface area contributed by atoms with Gasteiger partial charge in [0.15, 0.2) is 16.6 Å². The average molecular weight is 441 g/mol. The molecule has 8 heteroatoms. The minimum absolute atomic E-state index is 0.540. The van der Waals surface area contributed by atoms with Crippen LogP contribution in [-0.2, 0) is 0 Å². The van der Waals surface area contributed by atoms with Gasteiger partial charge in [0, 0.05) is 16.1 Å². The smallest absolute Gasteiger partial charge is 0.235 e. The van der Waals surface area contributed by atoms with Crippen molar-refractivity contribution in [1.82, 2.24) is 19.8 Å². The van der Waals surface area contributed by atoms with E-state index in [9.17, 15) is 0 Å². The predicted octanol–water partition coefficient (Wildman–Crippen LogP) is 6.70. The summed E-state index contributed by atoms with van der Waals surface area (Å²) in [6.07, 6.45) is 0. The zero-order valence-corrected chi connectivity index (χ0v) is 17.8. The molecule has 5 nitrogen and oxygen atoms in total. The number of fused-ring (bicyclic) bond motifs is 1. The summed E-state index contributed by atoms with van der Waals surface area (Å²) >= 11 is 13.8. The van der Waals surface area contributed by atoms with Crippen molar-refractivity contribution >= 4 is 39.5 Å². The van der Waals surface area contributed by atoms with Crippen molar-refractivity contribution in [2.75, 3.05) is 0 Å². The van der Waals surface area contributed by atoms with Crippen LogP contribution in [0.25, 0.3) is 38.4 Å². The third kappa shape index (κ3) is 3.23. The summed E-state index contributed by atoms with van der Waals surface area (Å²) in [5.41, 5.74) is 3.88. The molecule has 0 radical (unpaired) electrons. The van der Waals surface area contributed by atoms with Crippen LogP contribution in [-0.4, -0.2) is 19.8 Å². The SMILES string of the molecule is Cc1cccc(-c2nnc3sc(-c4oc(-c5ccc(Cl)cc5Cl)cc4C)nn23)c1. The van der Waals surface area contributed by atoms with Crippen LogP contribution in [0.3, 0.4) is 0 Å². The van der Waals surface area contributed by atoms with Gasteiger partial charge >= 0.3 is 0 Å². The highest BCUT2D eigenvalue weighted by atomic mass is 35.5. The number of aryl methyl sites for hydroxylation is 2. The largest absolute Gasteiger partial charge is 0.453 e. The van der Waals surface area contributed by atoms with Gasteiger partial charge in [-0.1, -0.05) is 58.3 Å². The van der Waals surface area contributed by atoms with E-state index in [0.29, 0.717) is 32.4 Å². The van der Waals surface area contributed by atoms with Crippen molar-refractivity contribution in [2.24, 2.45) is 0 Å². The number of aromatic nitrogens is 4. The van der Waals surface area contributed by atoms with Gasteiger partial charge in [-0.3, -0.25) is 0 Å². The quantitative estimate of drug-likeness (QED) is 0.313. The number of rotatable bonds is 3. The van der Waals surface area contributed by atoms with Gasteiger partial charge in [-0.2, -0.15) is 4.52 Å². The summed E-state index contributed by atoms with van der Waals surface area (Å²) in [7, 11) is 0. The molecule has 3 heterocycles. The Labute approximate surface area is 180 Å². The highest BCUT2D eigenvalue weighted by Gasteiger charge is 2.20. The summed E-state index contributed by atoms with van der Waals surface area (Å²) in [6, 6.07) is 15.4. The highest BCUT2D eigenvalue weighted by molar-refractivity contribution is 7.19. The Morgan fingerprint density at radius 2 is 1.86 bits per heavy atom. The molecule has 0 aliphatic rings. The van der Waals surface area contributed by atoms with E-state index in [1.54, 1.807) is 16.6 Å². The molecule has 0 saturated heterocycles. The Hall–Kier alpha value is -2.67. The second kappa shape index (κ2) is 6.99. The van der Waals surface area contributed by atoms with Crippen LogP contribution in [0.15, 0.2) is 52.9 Å². The van der Waals surface area contributed by atoms with E-state index in [1.807, 2.05) is 44.2 Å². The summed E-state index contributed by atoms with van der Waals surface area (Å²) in [5, 5.41) is 15.1. The Kier molecular flexibility index (Phi) is 4.42. The van der Waals surface area contributed by atoms with Crippen molar-refractivity contribution in [3.63, 3.8) is 0 Å². The monoisotopic (exact) mass is 440 g/mol. The molecular weight excluding hydrogens is 427 g/mol. The van der Waals surface area contributed by atoms with Gasteiger partial charge in [-0.05, 0) is 49.7 Å². The lowest BCUT2D eigenvalue weighted by molar-refractivity contribution is 0.594. The zero-order valence-electron chi connectivity index (χ0n) is 15.5. The van der Waals surface area contributed by atoms with Crippen molar-refractivity contribution < 1.29 is 4.42 Å². The molecule has 0 saturated carbocycles. The molecule has 5 rings (SSSR count). The van der Waals surface area contributed by atoms with Crippen molar-refractivity contribution in [2.45, 2.75) is 13.8 Å². The van der Waals surface area contributed by atoms with E-state index in [0.717, 1.165) is 27.3 Å². The van der Waals surface area contributed by atoms with Gasteiger partial charge in [0.05, 0.1) is 5.02 Å². The summed E-state index contributed by atoms with van der Waals surface area (Å²) < 4.78 is 7.89. The minimum atomic E-state index is 0.540. The van der Waals surface area contributed by atoms with E-state index in [-0.39, 0.29) is 0 Å². The molecule has 0 spiro atoms. The molecule has 0 atom stereocenters. The molecule has 0 amide bonds. The second-order valence-corrected chi connectivity index (χ2v) is 8.54. The third-order valence-electron chi connectivity index (χ3n) is 4.58. The fourth-order valence-electron chi connectivity index (χ4n) is 3.19. The number of hydrogen-bond donors (Lipinski definition) is 0. The summed E-state index contributed by atoms with van der Waals surface area (Å²) in [6.45, 7) is 4.03. The molecule has 0 bridgehead atoms. The van der Waals surface area contributed by atoms with Gasteiger partial charge in [0.2, 0.25) is 4.96 Å². The molecule has 0 aliphatic heterocycles. The predicted molar refractivity (Wildman–Crippen MR) is 117 cm³/mol. The van der Waals surface area contributed by atoms with E-state index in [4.69, 9.17) is 32.7 Å². The Morgan fingerprint density at radius 3 is 2.66 bits per heavy atom. The van der Waals surface area contributed by atoms with Crippen LogP contribution in [0.5, 0.6) is 0 Å². The first kappa shape index (κ1) is 18.4. The maximum atomic E-state index is 6.34. The summed E-state index contributed by atoms with van der Waals surface area (Å²) in [5.74, 6) is 2.07. The second-order valence-electron chi connectivity index (χ2n) is 6.74. The fourth-order valence-corrected chi connectivity index (χ4v) is 4.58. The molecule has 0 N–H and O–H groups in total. The number of nitrogens with zero attached hydrogens (tertiary/aromatic N) is 4. The molecular formula is C21H14Cl2N4OS. The fraction of sp³-hybridized carbons (Fsp3) is 0.0952. The topological polar surface area (TPSA) is 56.2 Å². The maximum Gasteiger partial charge on any atom is 0.235 e. The van der Waals surface area contributed by atoms with Gasteiger partial charge < -0.3 is 4.42 Å². The molecule has 0 aliphatic carbocycles. The lowest BCUT2D eigenvalue weighted by Crippen LogP contribution is -1.91. The normalized spacial score (nSPS) is 11.4. The van der Waals surface area contributed by atoms with Crippen molar-refractivity contribution in [1.29, 1.82) is 0 Å². The number of benzene rings is 2. The molecule has 5 aromatic rings. The van der Waals surface area contributed by atoms with Gasteiger partial charge in [-0.15, -0.1) is 15.3 Å². The van der Waals surface area contributed by atoms with Gasteiger partial charge in [0.1, 0.15) is 5.76 Å². The molecule has 29 heavy (non-hydrogen) atoms. The maximum absolute atomic E-state index is 6.34. The average Bonchev–Trinajstić information content (AvgIpc) is 3.35. The number of halogens is 2. The van der Waals surface area contributed by atoms with Crippen LogP contribution in [0.4, 0.5) is 0 Å². The zero-order chi connectivity index (χ0) is 20.1. The first-order chi connectivity index (χ1) is 14.0. The van der Waals surface area contributed by atoms with E-state index >= 15 is 0 Å². The standard InChI is InChI=1S/C21H14Cl2N4OS/c1-11-4-3-5-13(8-11)19-24-25-21-27(19)26-20(29-21)18-12(2)9-17(28-18)15-7-6-14(22)10-16(15)23/h3-10H,1-2H3. The van der Waals surface area contributed by atoms with Crippen molar-refractivity contribution in [3.05, 3.63) is 69.7 Å². The van der Waals surface area contributed by atoms with Crippen LogP contribution in [0.1, 0.15) is 11.1 Å². The highest BCUT2D eigenvalue weighted by Crippen LogP contribution is 2.38. The van der Waals surface area contributed by atoms with Crippen LogP contribution < -0.4 is 0 Å². The summed E-state index contributed by atoms with van der Waals surface area (Å²) in [4.78, 5) is 0.707. The van der Waals surface area contributed by atoms with Crippen LogP contribution in [0, 0.1) is 13.8 Å². The molecule has 144 valence electrons. The first-order valence-electron chi connectivity index (χ1n) is 8.85.